The van der Waals surface area contributed by atoms with Gasteiger partial charge in [-0.1, -0.05) is 25.3 Å². The van der Waals surface area contributed by atoms with Crippen LogP contribution in [0.5, 0.6) is 0 Å². The number of hydrogen-bond acceptors (Lipinski definition) is 5. The molecule has 2 fully saturated rings. The van der Waals surface area contributed by atoms with E-state index in [1.807, 2.05) is 23.1 Å². The van der Waals surface area contributed by atoms with Crippen molar-refractivity contribution in [2.24, 2.45) is 0 Å². The van der Waals surface area contributed by atoms with E-state index in [2.05, 4.69) is 22.2 Å². The first-order chi connectivity index (χ1) is 13.3. The average Bonchev–Trinajstić information content (AvgIpc) is 3.45. The Labute approximate surface area is 165 Å². The Morgan fingerprint density at radius 2 is 1.96 bits per heavy atom. The molecule has 2 aromatic rings. The molecule has 0 aliphatic heterocycles. The molecule has 2 aliphatic rings. The molecule has 5 nitrogen and oxygen atoms in total. The third-order valence-corrected chi connectivity index (χ3v) is 6.53. The number of aromatic nitrogens is 2. The van der Waals surface area contributed by atoms with E-state index in [0.29, 0.717) is 24.3 Å². The highest BCUT2D eigenvalue weighted by Crippen LogP contribution is 2.34. The van der Waals surface area contributed by atoms with Crippen LogP contribution < -0.4 is 4.90 Å². The number of amides is 1. The average molecular weight is 385 g/mol. The zero-order valence-electron chi connectivity index (χ0n) is 16.0. The van der Waals surface area contributed by atoms with Crippen LogP contribution in [0.25, 0.3) is 0 Å². The summed E-state index contributed by atoms with van der Waals surface area (Å²) in [6.07, 6.45) is 10.1. The van der Waals surface area contributed by atoms with Gasteiger partial charge in [-0.25, -0.2) is 4.98 Å². The summed E-state index contributed by atoms with van der Waals surface area (Å²) in [6.45, 7) is 3.77. The standard InChI is InChI=1S/C21H28N4OS/c1-2-24(18-11-12-18)21-23-16(15-27-21)14-25(17-8-4-3-5-9-17)20(26)19-10-6-7-13-22-19/h6-7,10,13,15,17-18H,2-5,8-9,11-12,14H2,1H3. The molecule has 1 amide bonds. The summed E-state index contributed by atoms with van der Waals surface area (Å²) in [4.78, 5) is 26.8. The smallest absolute Gasteiger partial charge is 0.273 e. The van der Waals surface area contributed by atoms with Crippen molar-refractivity contribution in [2.75, 3.05) is 11.4 Å². The van der Waals surface area contributed by atoms with Crippen LogP contribution in [0.2, 0.25) is 0 Å². The van der Waals surface area contributed by atoms with Crippen molar-refractivity contribution in [1.29, 1.82) is 0 Å². The van der Waals surface area contributed by atoms with E-state index in [1.165, 1.54) is 32.1 Å². The van der Waals surface area contributed by atoms with Crippen molar-refractivity contribution in [3.05, 3.63) is 41.2 Å². The minimum atomic E-state index is 0.0339. The summed E-state index contributed by atoms with van der Waals surface area (Å²) in [7, 11) is 0. The minimum Gasteiger partial charge on any atom is -0.345 e. The van der Waals surface area contributed by atoms with Crippen molar-refractivity contribution in [1.82, 2.24) is 14.9 Å². The molecular weight excluding hydrogens is 356 g/mol. The zero-order valence-corrected chi connectivity index (χ0v) is 16.8. The van der Waals surface area contributed by atoms with Crippen LogP contribution in [0.3, 0.4) is 0 Å². The monoisotopic (exact) mass is 384 g/mol. The van der Waals surface area contributed by atoms with Gasteiger partial charge in [0.25, 0.3) is 5.91 Å². The highest BCUT2D eigenvalue weighted by atomic mass is 32.1. The predicted octanol–water partition coefficient (Wildman–Crippen LogP) is 4.50. The number of rotatable bonds is 7. The van der Waals surface area contributed by atoms with E-state index in [-0.39, 0.29) is 5.91 Å². The Bertz CT molecular complexity index is 753. The Hall–Kier alpha value is -1.95. The fraction of sp³-hybridized carbons (Fsp3) is 0.571. The molecule has 2 aromatic heterocycles. The van der Waals surface area contributed by atoms with Crippen molar-refractivity contribution in [2.45, 2.75) is 70.5 Å². The summed E-state index contributed by atoms with van der Waals surface area (Å²) in [5.74, 6) is 0.0339. The third kappa shape index (κ3) is 4.32. The maximum absolute atomic E-state index is 13.2. The molecule has 2 saturated carbocycles. The normalized spacial score (nSPS) is 17.7. The molecule has 2 aliphatic carbocycles. The van der Waals surface area contributed by atoms with E-state index in [1.54, 1.807) is 17.5 Å². The highest BCUT2D eigenvalue weighted by Gasteiger charge is 2.31. The van der Waals surface area contributed by atoms with E-state index >= 15 is 0 Å². The van der Waals surface area contributed by atoms with Crippen molar-refractivity contribution < 1.29 is 4.79 Å². The van der Waals surface area contributed by atoms with Gasteiger partial charge in [0.1, 0.15) is 5.69 Å². The molecule has 6 heteroatoms. The number of hydrogen-bond donors (Lipinski definition) is 0. The lowest BCUT2D eigenvalue weighted by Crippen LogP contribution is -2.41. The first-order valence-corrected chi connectivity index (χ1v) is 11.1. The van der Waals surface area contributed by atoms with Gasteiger partial charge < -0.3 is 9.80 Å². The van der Waals surface area contributed by atoms with E-state index in [0.717, 1.165) is 30.2 Å². The molecular formula is C21H28N4OS. The van der Waals surface area contributed by atoms with Crippen LogP contribution in [0.15, 0.2) is 29.8 Å². The molecule has 0 atom stereocenters. The van der Waals surface area contributed by atoms with Crippen LogP contribution in [0.1, 0.15) is 68.1 Å². The van der Waals surface area contributed by atoms with Crippen LogP contribution >= 0.6 is 11.3 Å². The second kappa shape index (κ2) is 8.38. The van der Waals surface area contributed by atoms with Crippen molar-refractivity contribution >= 4 is 22.4 Å². The van der Waals surface area contributed by atoms with Crippen molar-refractivity contribution in [3.8, 4) is 0 Å². The molecule has 0 N–H and O–H groups in total. The topological polar surface area (TPSA) is 49.3 Å². The summed E-state index contributed by atoms with van der Waals surface area (Å²) in [5.41, 5.74) is 1.54. The molecule has 0 unspecified atom stereocenters. The number of pyridine rings is 1. The predicted molar refractivity (Wildman–Crippen MR) is 109 cm³/mol. The lowest BCUT2D eigenvalue weighted by atomic mass is 9.94. The van der Waals surface area contributed by atoms with Gasteiger partial charge in [0.05, 0.1) is 12.2 Å². The number of carbonyl (C=O) groups is 1. The largest absolute Gasteiger partial charge is 0.345 e. The molecule has 4 rings (SSSR count). The number of nitrogens with zero attached hydrogens (tertiary/aromatic N) is 4. The van der Waals surface area contributed by atoms with Crippen LogP contribution in [-0.4, -0.2) is 39.4 Å². The minimum absolute atomic E-state index is 0.0339. The van der Waals surface area contributed by atoms with Crippen LogP contribution in [-0.2, 0) is 6.54 Å². The van der Waals surface area contributed by atoms with Gasteiger partial charge in [0, 0.05) is 30.2 Å². The summed E-state index contributed by atoms with van der Waals surface area (Å²) in [5, 5.41) is 3.23. The molecule has 27 heavy (non-hydrogen) atoms. The SMILES string of the molecule is CCN(c1nc(CN(C(=O)c2ccccn2)C2CCCCC2)cs1)C1CC1. The van der Waals surface area contributed by atoms with Gasteiger partial charge in [-0.3, -0.25) is 9.78 Å². The molecule has 0 radical (unpaired) electrons. The van der Waals surface area contributed by atoms with Gasteiger partial charge >= 0.3 is 0 Å². The second-order valence-electron chi connectivity index (χ2n) is 7.58. The van der Waals surface area contributed by atoms with Gasteiger partial charge in [-0.2, -0.15) is 0 Å². The summed E-state index contributed by atoms with van der Waals surface area (Å²) in [6, 6.07) is 6.51. The first kappa shape index (κ1) is 18.4. The zero-order chi connectivity index (χ0) is 18.6. The maximum atomic E-state index is 13.2. The first-order valence-electron chi connectivity index (χ1n) is 10.2. The highest BCUT2D eigenvalue weighted by molar-refractivity contribution is 7.13. The Morgan fingerprint density at radius 1 is 1.15 bits per heavy atom. The van der Waals surface area contributed by atoms with Crippen LogP contribution in [0.4, 0.5) is 5.13 Å². The maximum Gasteiger partial charge on any atom is 0.273 e. The van der Waals surface area contributed by atoms with Crippen molar-refractivity contribution in [3.63, 3.8) is 0 Å². The Balaban J connectivity index is 1.54. The molecule has 0 spiro atoms. The number of thiazole rings is 1. The fourth-order valence-corrected chi connectivity index (χ4v) is 4.96. The van der Waals surface area contributed by atoms with Gasteiger partial charge in [-0.05, 0) is 44.7 Å². The summed E-state index contributed by atoms with van der Waals surface area (Å²) < 4.78 is 0. The molecule has 0 bridgehead atoms. The summed E-state index contributed by atoms with van der Waals surface area (Å²) >= 11 is 1.71. The Kier molecular flexibility index (Phi) is 5.72. The van der Waals surface area contributed by atoms with Gasteiger partial charge in [0.2, 0.25) is 0 Å². The second-order valence-corrected chi connectivity index (χ2v) is 8.42. The van der Waals surface area contributed by atoms with Gasteiger partial charge in [-0.15, -0.1) is 11.3 Å². The lowest BCUT2D eigenvalue weighted by Gasteiger charge is -2.33. The van der Waals surface area contributed by atoms with Gasteiger partial charge in [0.15, 0.2) is 5.13 Å². The molecule has 0 saturated heterocycles. The van der Waals surface area contributed by atoms with E-state index < -0.39 is 0 Å². The molecule has 144 valence electrons. The third-order valence-electron chi connectivity index (χ3n) is 5.61. The Morgan fingerprint density at radius 3 is 2.63 bits per heavy atom. The quantitative estimate of drug-likeness (QED) is 0.705. The fourth-order valence-electron chi connectivity index (χ4n) is 4.01. The van der Waals surface area contributed by atoms with E-state index in [4.69, 9.17) is 4.98 Å². The molecule has 0 aromatic carbocycles. The number of anilines is 1. The van der Waals surface area contributed by atoms with Crippen LogP contribution in [0, 0.1) is 0 Å². The number of carbonyl (C=O) groups excluding carboxylic acids is 1. The van der Waals surface area contributed by atoms with E-state index in [9.17, 15) is 4.79 Å². The lowest BCUT2D eigenvalue weighted by molar-refractivity contribution is 0.0605. The molecule has 2 heterocycles.